The Morgan fingerprint density at radius 1 is 1.50 bits per heavy atom. The van der Waals surface area contributed by atoms with Crippen LogP contribution in [0.25, 0.3) is 0 Å². The predicted molar refractivity (Wildman–Crippen MR) is 71.9 cm³/mol. The maximum atomic E-state index is 12.4. The van der Waals surface area contributed by atoms with Gasteiger partial charge in [0.1, 0.15) is 12.4 Å². The highest BCUT2D eigenvalue weighted by Gasteiger charge is 2.20. The molecule has 110 valence electrons. The van der Waals surface area contributed by atoms with Gasteiger partial charge in [-0.3, -0.25) is 4.79 Å². The van der Waals surface area contributed by atoms with Gasteiger partial charge in [0, 0.05) is 5.56 Å². The lowest BCUT2D eigenvalue weighted by molar-refractivity contribution is -0.142. The van der Waals surface area contributed by atoms with Crippen LogP contribution in [0.1, 0.15) is 12.5 Å². The van der Waals surface area contributed by atoms with Crippen molar-refractivity contribution in [3.05, 3.63) is 28.8 Å². The van der Waals surface area contributed by atoms with Crippen molar-refractivity contribution in [3.63, 3.8) is 0 Å². The minimum absolute atomic E-state index is 0.139. The molecule has 0 saturated carbocycles. The Morgan fingerprint density at radius 3 is 2.75 bits per heavy atom. The number of aliphatic carboxylic acids is 1. The first-order chi connectivity index (χ1) is 9.49. The van der Waals surface area contributed by atoms with Gasteiger partial charge in [0.25, 0.3) is 0 Å². The average Bonchev–Trinajstić information content (AvgIpc) is 2.39. The summed E-state index contributed by atoms with van der Waals surface area (Å²) in [6, 6.07) is 3.37. The topological polar surface area (TPSA) is 75.6 Å². The Hall–Kier alpha value is -1.82. The van der Waals surface area contributed by atoms with E-state index in [0.29, 0.717) is 22.9 Å². The number of amides is 1. The fourth-order valence-corrected chi connectivity index (χ4v) is 1.83. The number of hydrogen-bond acceptors (Lipinski definition) is 3. The van der Waals surface area contributed by atoms with Crippen LogP contribution in [0.2, 0.25) is 5.02 Å². The first-order valence-electron chi connectivity index (χ1n) is 5.97. The van der Waals surface area contributed by atoms with Crippen molar-refractivity contribution in [2.75, 3.05) is 13.3 Å². The first-order valence-corrected chi connectivity index (χ1v) is 6.35. The quantitative estimate of drug-likeness (QED) is 0.805. The molecule has 1 rings (SSSR count). The van der Waals surface area contributed by atoms with Gasteiger partial charge in [0.15, 0.2) is 6.04 Å². The molecular weight excluding hydrogens is 289 g/mol. The van der Waals surface area contributed by atoms with E-state index in [9.17, 15) is 14.0 Å². The summed E-state index contributed by atoms with van der Waals surface area (Å²) in [6.07, 6.45) is -0.139. The number of alkyl halides is 1. The lowest BCUT2D eigenvalue weighted by Crippen LogP contribution is -2.43. The van der Waals surface area contributed by atoms with Crippen LogP contribution < -0.4 is 10.1 Å². The van der Waals surface area contributed by atoms with Gasteiger partial charge in [-0.05, 0) is 13.0 Å². The molecule has 1 aromatic rings. The van der Waals surface area contributed by atoms with Crippen molar-refractivity contribution in [1.82, 2.24) is 5.32 Å². The Bertz CT molecular complexity index is 495. The van der Waals surface area contributed by atoms with E-state index in [1.54, 1.807) is 25.1 Å². The molecular formula is C13H15ClFNO4. The second kappa shape index (κ2) is 7.69. The molecule has 0 radical (unpaired) electrons. The van der Waals surface area contributed by atoms with Crippen molar-refractivity contribution in [2.24, 2.45) is 0 Å². The summed E-state index contributed by atoms with van der Waals surface area (Å²) in [6.45, 7) is 0.978. The number of benzene rings is 1. The number of hydrogen-bond donors (Lipinski definition) is 2. The third-order valence-corrected chi connectivity index (χ3v) is 2.77. The highest BCUT2D eigenvalue weighted by atomic mass is 35.5. The Kier molecular flexibility index (Phi) is 6.24. The average molecular weight is 304 g/mol. The van der Waals surface area contributed by atoms with E-state index in [1.807, 2.05) is 0 Å². The Labute approximate surface area is 120 Å². The van der Waals surface area contributed by atoms with Crippen molar-refractivity contribution in [2.45, 2.75) is 19.4 Å². The minimum Gasteiger partial charge on any atom is -0.492 e. The van der Waals surface area contributed by atoms with Gasteiger partial charge < -0.3 is 15.2 Å². The zero-order chi connectivity index (χ0) is 15.1. The third-order valence-electron chi connectivity index (χ3n) is 2.48. The Balaban J connectivity index is 2.80. The summed E-state index contributed by atoms with van der Waals surface area (Å²) in [5.41, 5.74) is 0.514. The summed E-state index contributed by atoms with van der Waals surface area (Å²) < 4.78 is 17.8. The molecule has 0 fully saturated rings. The molecule has 0 saturated heterocycles. The van der Waals surface area contributed by atoms with E-state index in [0.717, 1.165) is 0 Å². The SMILES string of the molecule is CCOc1c(Cl)cccc1CC(=O)NC(CF)C(=O)O. The summed E-state index contributed by atoms with van der Waals surface area (Å²) in [7, 11) is 0. The molecule has 2 N–H and O–H groups in total. The number of para-hydroxylation sites is 1. The molecule has 1 atom stereocenters. The van der Waals surface area contributed by atoms with Gasteiger partial charge in [-0.25, -0.2) is 9.18 Å². The minimum atomic E-state index is -1.54. The normalized spacial score (nSPS) is 11.8. The fraction of sp³-hybridized carbons (Fsp3) is 0.385. The van der Waals surface area contributed by atoms with E-state index in [-0.39, 0.29) is 6.42 Å². The van der Waals surface area contributed by atoms with E-state index < -0.39 is 24.6 Å². The predicted octanol–water partition coefficient (Wildman–Crippen LogP) is 1.82. The Morgan fingerprint density at radius 2 is 2.20 bits per heavy atom. The number of carbonyl (C=O) groups is 2. The molecule has 1 amide bonds. The molecule has 0 bridgehead atoms. The lowest BCUT2D eigenvalue weighted by Gasteiger charge is -2.14. The van der Waals surface area contributed by atoms with Crippen molar-refractivity contribution in [3.8, 4) is 5.75 Å². The van der Waals surface area contributed by atoms with Crippen LogP contribution >= 0.6 is 11.6 Å². The molecule has 1 aromatic carbocycles. The van der Waals surface area contributed by atoms with Gasteiger partial charge in [0.2, 0.25) is 5.91 Å². The highest BCUT2D eigenvalue weighted by Crippen LogP contribution is 2.29. The highest BCUT2D eigenvalue weighted by molar-refractivity contribution is 6.32. The summed E-state index contributed by atoms with van der Waals surface area (Å²) in [5.74, 6) is -1.66. The standard InChI is InChI=1S/C13H15ClFNO4/c1-2-20-12-8(4-3-5-9(12)14)6-11(17)16-10(7-15)13(18)19/h3-5,10H,2,6-7H2,1H3,(H,16,17)(H,18,19). The zero-order valence-corrected chi connectivity index (χ0v) is 11.6. The second-order valence-electron chi connectivity index (χ2n) is 3.95. The van der Waals surface area contributed by atoms with Gasteiger partial charge in [-0.2, -0.15) is 0 Å². The van der Waals surface area contributed by atoms with Crippen LogP contribution in [-0.4, -0.2) is 36.3 Å². The maximum absolute atomic E-state index is 12.4. The molecule has 0 spiro atoms. The molecule has 0 heterocycles. The van der Waals surface area contributed by atoms with Crippen LogP contribution in [0.3, 0.4) is 0 Å². The molecule has 0 aromatic heterocycles. The smallest absolute Gasteiger partial charge is 0.328 e. The van der Waals surface area contributed by atoms with Crippen molar-refractivity contribution >= 4 is 23.5 Å². The number of carboxylic acid groups (broad SMARTS) is 1. The van der Waals surface area contributed by atoms with E-state index >= 15 is 0 Å². The van der Waals surface area contributed by atoms with Gasteiger partial charge in [-0.15, -0.1) is 0 Å². The molecule has 20 heavy (non-hydrogen) atoms. The maximum Gasteiger partial charge on any atom is 0.328 e. The van der Waals surface area contributed by atoms with E-state index in [1.165, 1.54) is 0 Å². The third kappa shape index (κ3) is 4.38. The largest absolute Gasteiger partial charge is 0.492 e. The van der Waals surface area contributed by atoms with Crippen molar-refractivity contribution < 1.29 is 23.8 Å². The molecule has 5 nitrogen and oxygen atoms in total. The molecule has 0 aliphatic rings. The summed E-state index contributed by atoms with van der Waals surface area (Å²) in [5, 5.41) is 11.1. The van der Waals surface area contributed by atoms with Crippen LogP contribution in [-0.2, 0) is 16.0 Å². The van der Waals surface area contributed by atoms with Gasteiger partial charge in [0.05, 0.1) is 18.1 Å². The number of rotatable bonds is 7. The number of carboxylic acids is 1. The van der Waals surface area contributed by atoms with Crippen LogP contribution in [0.5, 0.6) is 5.75 Å². The molecule has 0 aliphatic heterocycles. The van der Waals surface area contributed by atoms with Crippen molar-refractivity contribution in [1.29, 1.82) is 0 Å². The summed E-state index contributed by atoms with van der Waals surface area (Å²) >= 11 is 5.96. The molecule has 7 heteroatoms. The van der Waals surface area contributed by atoms with E-state index in [2.05, 4.69) is 5.32 Å². The van der Waals surface area contributed by atoms with Crippen LogP contribution in [0, 0.1) is 0 Å². The van der Waals surface area contributed by atoms with Gasteiger partial charge >= 0.3 is 5.97 Å². The first kappa shape index (κ1) is 16.2. The monoisotopic (exact) mass is 303 g/mol. The molecule has 0 aliphatic carbocycles. The van der Waals surface area contributed by atoms with Crippen LogP contribution in [0.4, 0.5) is 4.39 Å². The van der Waals surface area contributed by atoms with Crippen LogP contribution in [0.15, 0.2) is 18.2 Å². The number of nitrogens with one attached hydrogen (secondary N) is 1. The van der Waals surface area contributed by atoms with E-state index in [4.69, 9.17) is 21.4 Å². The zero-order valence-electron chi connectivity index (χ0n) is 10.9. The number of halogens is 2. The lowest BCUT2D eigenvalue weighted by atomic mass is 10.1. The second-order valence-corrected chi connectivity index (χ2v) is 4.36. The van der Waals surface area contributed by atoms with Gasteiger partial charge in [-0.1, -0.05) is 23.7 Å². The summed E-state index contributed by atoms with van der Waals surface area (Å²) in [4.78, 5) is 22.4. The molecule has 1 unspecified atom stereocenters. The fourth-order valence-electron chi connectivity index (χ4n) is 1.58. The number of carbonyl (C=O) groups excluding carboxylic acids is 1. The number of ether oxygens (including phenoxy) is 1.